The van der Waals surface area contributed by atoms with E-state index in [2.05, 4.69) is 104 Å². The Morgan fingerprint density at radius 2 is 0.588 bits per heavy atom. The Balaban J connectivity index is 0.000000132. The van der Waals surface area contributed by atoms with Crippen molar-refractivity contribution >= 4 is 161 Å². The van der Waals surface area contributed by atoms with Crippen molar-refractivity contribution in [3.05, 3.63) is 408 Å². The van der Waals surface area contributed by atoms with E-state index >= 15 is 0 Å². The first-order chi connectivity index (χ1) is 85.0. The summed E-state index contributed by atoms with van der Waals surface area (Å²) in [6, 6.07) is 1.92. The molecule has 0 spiro atoms. The lowest BCUT2D eigenvalue weighted by Gasteiger charge is -2.41. The molecule has 8 nitrogen and oxygen atoms in total. The largest absolute Gasteiger partial charge is 0.458 e. The Morgan fingerprint density at radius 1 is 0.213 bits per heavy atom. The van der Waals surface area contributed by atoms with Crippen molar-refractivity contribution < 1.29 is 83.4 Å². The van der Waals surface area contributed by atoms with E-state index in [9.17, 15) is 5.48 Å². The number of nitrogens with zero attached hydrogens (tertiary/aromatic N) is 4. The molecule has 0 atom stereocenters. The molecule has 136 heavy (non-hydrogen) atoms. The average molecular weight is 1810 g/mol. The first-order valence-electron chi connectivity index (χ1n) is 67.9. The third kappa shape index (κ3) is 15.2. The number of rotatable bonds is 5. The molecule has 0 saturated carbocycles. The molecule has 0 radical (unpaired) electrons. The zero-order valence-electron chi connectivity index (χ0n) is 124. The van der Waals surface area contributed by atoms with Crippen LogP contribution in [0.15, 0.2) is 369 Å². The van der Waals surface area contributed by atoms with Crippen LogP contribution >= 0.6 is 0 Å². The van der Waals surface area contributed by atoms with Gasteiger partial charge in [0.15, 0.2) is 0 Å². The second-order valence-corrected chi connectivity index (χ2v) is 39.2. The van der Waals surface area contributed by atoms with Gasteiger partial charge >= 0.3 is 0 Å². The Kier molecular flexibility index (Phi) is 12.0. The van der Waals surface area contributed by atoms with Gasteiger partial charge in [-0.05, 0) is 302 Å². The molecule has 17 aromatic rings. The van der Waals surface area contributed by atoms with E-state index in [1.807, 2.05) is 41.5 Å². The number of para-hydroxylation sites is 7. The fraction of sp³-hybridized carbons (Fsp3) is 0.177. The number of anilines is 12. The topological polar surface area (TPSA) is 49.9 Å². The predicted octanol–water partition coefficient (Wildman–Crippen LogP) is 25.1. The van der Waals surface area contributed by atoms with Crippen LogP contribution in [0.3, 0.4) is 0 Å². The van der Waals surface area contributed by atoms with Crippen LogP contribution in [0.25, 0.3) is 11.1 Å². The molecule has 0 aromatic heterocycles. The van der Waals surface area contributed by atoms with Gasteiger partial charge in [-0.1, -0.05) is 328 Å². The van der Waals surface area contributed by atoms with Crippen molar-refractivity contribution in [2.75, 3.05) is 19.6 Å². The molecule has 8 aliphatic rings. The summed E-state index contributed by atoms with van der Waals surface area (Å²) >= 11 is 0. The Hall–Kier alpha value is -14.6. The highest BCUT2D eigenvalue weighted by molar-refractivity contribution is 7.01. The lowest BCUT2D eigenvalue weighted by atomic mass is 9.34. The maximum Gasteiger partial charge on any atom is 0.256 e. The van der Waals surface area contributed by atoms with Crippen LogP contribution in [0.1, 0.15) is 207 Å². The van der Waals surface area contributed by atoms with Crippen LogP contribution in [0, 0.1) is 13.8 Å². The molecule has 8 heterocycles. The summed E-state index contributed by atoms with van der Waals surface area (Å²) < 4.78 is 433. The smallest absolute Gasteiger partial charge is 0.256 e. The van der Waals surface area contributed by atoms with E-state index in [0.29, 0.717) is 38.7 Å². The molecule has 0 unspecified atom stereocenters. The summed E-state index contributed by atoms with van der Waals surface area (Å²) in [6.45, 7) is 30.0. The summed E-state index contributed by atoms with van der Waals surface area (Å²) in [5, 5.41) is 0. The lowest BCUT2D eigenvalue weighted by Crippen LogP contribution is -2.59. The van der Waals surface area contributed by atoms with Crippen LogP contribution in [0.4, 0.5) is 68.2 Å². The number of hydrogen-bond donors (Lipinski definition) is 0. The molecular weight excluding hydrogens is 1650 g/mol. The van der Waals surface area contributed by atoms with Crippen LogP contribution < -0.4 is 104 Å². The standard InChI is InChI=1S/C37H42BNO.C30H20BNO.C29H26BNO.C28H24BNO/c1-23-17-31-34-33(18-23)40-32-14-12-11-13-29(32)38(34)28-16-15-24(35(2,3)4)22-30(28)39(31)27-20-25(36(5,6)7)19-26(21-27)37(8,9)10;1-3-10-21(11-4-1)22-18-19-28-25(20-22)31-24-14-7-8-15-26(24)32(23-12-5-2-6-13-23)27-16-9-17-29(33-28)30(27)31;1-19-16-25-28-27(17-19)32-26-15-14-20(29(2,3)4)18-23(26)30(28)22-12-8-9-13-24(22)31(25)21-10-6-5-7-11-21;1-28(2,3)19-16-17-25-22(18-19)29-21-12-7-8-13-23(21)30(20-10-5-4-6-11-20)24-14-9-15-26(31-25)27(24)29/h11-22H,1-10H3;1-20H;5-18H,1-4H3;4-18H,1-3H3/i11D,12D,13D,14D,17D,18D;1D,2D,3D,4D,5D,6D,7D,8D,10D,11D,12D,13D,14D,15D,18D,19D,20D;5D,6D,7D,8D,9D,10D,11D,12D,13D,14D,15D,18D;4D,5D,6D,7D,8D,10D,11D,12D,13D,16D,17D,18D. The highest BCUT2D eigenvalue weighted by Crippen LogP contribution is 2.50. The third-order valence-corrected chi connectivity index (χ3v) is 25.0. The minimum atomic E-state index is -1.36. The maximum absolute atomic E-state index is 9.54. The van der Waals surface area contributed by atoms with Crippen LogP contribution in [0.5, 0.6) is 46.0 Å². The quantitative estimate of drug-likeness (QED) is 0.158. The predicted molar refractivity (Wildman–Crippen MR) is 578 cm³/mol. The van der Waals surface area contributed by atoms with Crippen LogP contribution in [-0.2, 0) is 27.1 Å². The molecular formula is C124H112B4N4O4. The number of aryl methyl sites for hydroxylation is 1. The normalized spacial score (nSPS) is 18.6. The first-order valence-corrected chi connectivity index (χ1v) is 44.4. The summed E-state index contributed by atoms with van der Waals surface area (Å²) in [5.74, 6) is 0.265. The molecule has 0 aliphatic carbocycles. The van der Waals surface area contributed by atoms with E-state index in [-0.39, 0.29) is 230 Å². The molecule has 8 aliphatic heterocycles. The van der Waals surface area contributed by atoms with E-state index in [1.165, 1.54) is 28.0 Å². The van der Waals surface area contributed by atoms with Crippen molar-refractivity contribution in [1.82, 2.24) is 0 Å². The number of hydrogen-bond acceptors (Lipinski definition) is 8. The van der Waals surface area contributed by atoms with E-state index < -0.39 is 266 Å². The van der Waals surface area contributed by atoms with Crippen molar-refractivity contribution in [2.45, 2.75) is 145 Å². The van der Waals surface area contributed by atoms with Gasteiger partial charge in [0.25, 0.3) is 26.9 Å². The molecule has 664 valence electrons. The molecule has 0 amide bonds. The number of fused-ring (bicyclic) bond motifs is 16. The van der Waals surface area contributed by atoms with Crippen LogP contribution in [-0.4, -0.2) is 26.9 Å². The minimum Gasteiger partial charge on any atom is -0.458 e. The Labute approximate surface area is 870 Å². The summed E-state index contributed by atoms with van der Waals surface area (Å²) in [4.78, 5) is 5.81. The second kappa shape index (κ2) is 33.2. The molecule has 0 saturated heterocycles. The summed E-state index contributed by atoms with van der Waals surface area (Å²) in [6.07, 6.45) is 0. The minimum absolute atomic E-state index is 0.00722. The fourth-order valence-electron chi connectivity index (χ4n) is 18.4. The monoisotopic (exact) mass is 1810 g/mol. The number of ether oxygens (including phenoxy) is 4. The number of benzene rings is 17. The molecule has 0 fully saturated rings. The zero-order chi connectivity index (χ0) is 135. The van der Waals surface area contributed by atoms with Crippen molar-refractivity contribution in [3.8, 4) is 57.1 Å². The highest BCUT2D eigenvalue weighted by atomic mass is 16.5. The maximum atomic E-state index is 9.54. The second-order valence-electron chi connectivity index (χ2n) is 39.2. The first kappa shape index (κ1) is 49.1. The fourth-order valence-corrected chi connectivity index (χ4v) is 18.4. The molecule has 0 N–H and O–H groups in total. The molecule has 25 rings (SSSR count). The average Bonchev–Trinajstić information content (AvgIpc) is 0.651. The molecule has 17 aromatic carbocycles. The highest BCUT2D eigenvalue weighted by Gasteiger charge is 2.48. The zero-order valence-corrected chi connectivity index (χ0v) is 77.3. The van der Waals surface area contributed by atoms with Crippen molar-refractivity contribution in [1.29, 1.82) is 0 Å². The van der Waals surface area contributed by atoms with Gasteiger partial charge in [-0.25, -0.2) is 0 Å². The van der Waals surface area contributed by atoms with Crippen molar-refractivity contribution in [2.24, 2.45) is 0 Å². The van der Waals surface area contributed by atoms with Crippen LogP contribution in [0.2, 0.25) is 0 Å². The third-order valence-electron chi connectivity index (χ3n) is 25.0. The van der Waals surface area contributed by atoms with Gasteiger partial charge in [0.1, 0.15) is 46.0 Å². The van der Waals surface area contributed by atoms with E-state index in [1.54, 1.807) is 44.2 Å². The van der Waals surface area contributed by atoms with Crippen molar-refractivity contribution in [3.63, 3.8) is 0 Å². The van der Waals surface area contributed by atoms with Gasteiger partial charge in [0.05, 0.1) is 64.4 Å². The molecule has 0 bridgehead atoms. The van der Waals surface area contributed by atoms with E-state index in [4.69, 9.17) is 77.9 Å². The summed E-state index contributed by atoms with van der Waals surface area (Å²) in [7, 11) is 0. The van der Waals surface area contributed by atoms with Gasteiger partial charge in [0, 0.05) is 68.2 Å². The Morgan fingerprint density at radius 3 is 1.07 bits per heavy atom. The lowest BCUT2D eigenvalue weighted by molar-refractivity contribution is 0.485. The molecule has 12 heteroatoms. The van der Waals surface area contributed by atoms with Gasteiger partial charge in [-0.3, -0.25) is 0 Å². The van der Waals surface area contributed by atoms with Gasteiger partial charge < -0.3 is 38.5 Å². The summed E-state index contributed by atoms with van der Waals surface area (Å²) in [5.41, 5.74) is 5.95. The van der Waals surface area contributed by atoms with Gasteiger partial charge in [-0.15, -0.1) is 0 Å². The van der Waals surface area contributed by atoms with E-state index in [0.717, 1.165) is 38.4 Å². The Bertz CT molecular complexity index is 10500. The van der Waals surface area contributed by atoms with Gasteiger partial charge in [-0.2, -0.15) is 0 Å². The SMILES string of the molecule is [2H]c1c([2H])c([2H])c(-c2c([2H])c([2H])c3c(c2[2H])B2c4c(cccc4N(c4c([2H])c([2H])c([2H])c([2H])c4[2H])c4c([2H])c([2H])c([2H])c([2H])c42)O3)c([2H])c1[2H].[2H]c1c([2H])c([2H])c(N2c3cc(C)cc4c3B(c3c([2H])c(C(C)(C)C)c([2H])c([2H])c3O4)c3c([2H])c([2H])c([2H])c([2H])c32)c([2H])c1[2H].[2H]c1c([2H])c([2H])c(N2c3cccc4c3B(c3c([2H])c(C(C)(C)C)c([2H])c([2H])c3O4)c3c([2H])c([2H])c([2H])c([2H])c32)c([2H])c1[2H].[2H]c1c([2H])c([2H])c2c(c1[2H])Oc1c([2H])c(C)c([2H])c3c1B2c1ccc(C(C)(C)C)cc1N3c1cc(C(C)(C)C)cc(C(C)(C)C)c1. The van der Waals surface area contributed by atoms with Gasteiger partial charge in [0.2, 0.25) is 0 Å².